The van der Waals surface area contributed by atoms with Gasteiger partial charge in [-0.1, -0.05) is 6.42 Å². The molecule has 2 fully saturated rings. The van der Waals surface area contributed by atoms with Crippen LogP contribution in [-0.4, -0.2) is 73.1 Å². The third-order valence-electron chi connectivity index (χ3n) is 4.20. The second-order valence-corrected chi connectivity index (χ2v) is 5.65. The highest BCUT2D eigenvalue weighted by atomic mass is 16.2. The highest BCUT2D eigenvalue weighted by molar-refractivity contribution is 5.74. The molecule has 5 nitrogen and oxygen atoms in total. The van der Waals surface area contributed by atoms with Crippen molar-refractivity contribution in [3.8, 4) is 0 Å². The van der Waals surface area contributed by atoms with E-state index >= 15 is 0 Å². The quantitative estimate of drug-likeness (QED) is 0.755. The second-order valence-electron chi connectivity index (χ2n) is 5.65. The molecule has 19 heavy (non-hydrogen) atoms. The van der Waals surface area contributed by atoms with Crippen LogP contribution in [-0.2, 0) is 0 Å². The molecule has 0 radical (unpaired) electrons. The molecule has 0 bridgehead atoms. The molecule has 110 valence electrons. The molecule has 2 aliphatic rings. The fourth-order valence-electron chi connectivity index (χ4n) is 2.93. The van der Waals surface area contributed by atoms with Crippen LogP contribution in [0, 0.1) is 0 Å². The zero-order chi connectivity index (χ0) is 13.5. The van der Waals surface area contributed by atoms with Crippen molar-refractivity contribution in [2.24, 2.45) is 5.73 Å². The minimum absolute atomic E-state index is 0.264. The Morgan fingerprint density at radius 3 is 2.11 bits per heavy atom. The standard InChI is InChI=1S/C14H28N4O/c15-6-2-1-3-7-16-10-12-18(13-11-16)14(19)17-8-4-5-9-17/h1-13,15H2. The number of hydrogen-bond acceptors (Lipinski definition) is 3. The molecule has 2 amide bonds. The Morgan fingerprint density at radius 2 is 1.47 bits per heavy atom. The van der Waals surface area contributed by atoms with Crippen LogP contribution in [0.5, 0.6) is 0 Å². The van der Waals surface area contributed by atoms with Crippen molar-refractivity contribution in [3.63, 3.8) is 0 Å². The summed E-state index contributed by atoms with van der Waals surface area (Å²) in [7, 11) is 0. The molecule has 2 N–H and O–H groups in total. The Labute approximate surface area is 116 Å². The highest BCUT2D eigenvalue weighted by Crippen LogP contribution is 2.12. The molecule has 2 heterocycles. The van der Waals surface area contributed by atoms with Crippen molar-refractivity contribution >= 4 is 6.03 Å². The van der Waals surface area contributed by atoms with Gasteiger partial charge in [-0.3, -0.25) is 4.90 Å². The Balaban J connectivity index is 1.63. The van der Waals surface area contributed by atoms with Crippen LogP contribution in [0.2, 0.25) is 0 Å². The van der Waals surface area contributed by atoms with E-state index in [0.717, 1.165) is 58.8 Å². The van der Waals surface area contributed by atoms with E-state index in [-0.39, 0.29) is 6.03 Å². The molecule has 2 rings (SSSR count). The highest BCUT2D eigenvalue weighted by Gasteiger charge is 2.26. The maximum Gasteiger partial charge on any atom is 0.320 e. The van der Waals surface area contributed by atoms with Crippen LogP contribution in [0.15, 0.2) is 0 Å². The molecule has 0 aromatic carbocycles. The van der Waals surface area contributed by atoms with Gasteiger partial charge in [0.25, 0.3) is 0 Å². The van der Waals surface area contributed by atoms with Crippen molar-refractivity contribution in [1.82, 2.24) is 14.7 Å². The number of carbonyl (C=O) groups is 1. The molecule has 2 saturated heterocycles. The Hall–Kier alpha value is -0.810. The predicted octanol–water partition coefficient (Wildman–Crippen LogP) is 0.949. The fourth-order valence-corrected chi connectivity index (χ4v) is 2.93. The molecule has 0 atom stereocenters. The summed E-state index contributed by atoms with van der Waals surface area (Å²) in [6.45, 7) is 7.73. The topological polar surface area (TPSA) is 52.8 Å². The van der Waals surface area contributed by atoms with Crippen molar-refractivity contribution in [2.45, 2.75) is 32.1 Å². The summed E-state index contributed by atoms with van der Waals surface area (Å²) < 4.78 is 0. The smallest absolute Gasteiger partial charge is 0.320 e. The van der Waals surface area contributed by atoms with E-state index in [1.165, 1.54) is 25.7 Å². The zero-order valence-electron chi connectivity index (χ0n) is 12.0. The van der Waals surface area contributed by atoms with Crippen molar-refractivity contribution in [2.75, 3.05) is 52.4 Å². The van der Waals surface area contributed by atoms with E-state index in [0.29, 0.717) is 0 Å². The number of carbonyl (C=O) groups excluding carboxylic acids is 1. The molecule has 0 aromatic heterocycles. The van der Waals surface area contributed by atoms with E-state index in [9.17, 15) is 4.79 Å². The van der Waals surface area contributed by atoms with Crippen LogP contribution in [0.1, 0.15) is 32.1 Å². The Bertz CT molecular complexity index is 271. The molecule has 0 aromatic rings. The number of piperazine rings is 1. The first-order valence-corrected chi connectivity index (χ1v) is 7.77. The maximum atomic E-state index is 12.2. The number of urea groups is 1. The van der Waals surface area contributed by atoms with E-state index in [1.54, 1.807) is 0 Å². The SMILES string of the molecule is NCCCCCN1CCN(C(=O)N2CCCC2)CC1. The summed E-state index contributed by atoms with van der Waals surface area (Å²) in [6, 6.07) is 0.264. The zero-order valence-corrected chi connectivity index (χ0v) is 12.0. The number of amides is 2. The van der Waals surface area contributed by atoms with Gasteiger partial charge >= 0.3 is 6.03 Å². The first-order valence-electron chi connectivity index (χ1n) is 7.77. The lowest BCUT2D eigenvalue weighted by molar-refractivity contribution is 0.117. The average Bonchev–Trinajstić information content (AvgIpc) is 2.98. The van der Waals surface area contributed by atoms with E-state index in [4.69, 9.17) is 5.73 Å². The molecule has 5 heteroatoms. The maximum absolute atomic E-state index is 12.2. The third kappa shape index (κ3) is 4.35. The van der Waals surface area contributed by atoms with Crippen molar-refractivity contribution < 1.29 is 4.79 Å². The van der Waals surface area contributed by atoms with Gasteiger partial charge in [0.15, 0.2) is 0 Å². The van der Waals surface area contributed by atoms with Gasteiger partial charge < -0.3 is 15.5 Å². The molecule has 0 saturated carbocycles. The number of likely N-dealkylation sites (tertiary alicyclic amines) is 1. The Kier molecular flexibility index (Phi) is 5.92. The van der Waals surface area contributed by atoms with Crippen LogP contribution in [0.25, 0.3) is 0 Å². The lowest BCUT2D eigenvalue weighted by atomic mass is 10.2. The fraction of sp³-hybridized carbons (Fsp3) is 0.929. The van der Waals surface area contributed by atoms with Crippen LogP contribution >= 0.6 is 0 Å². The number of hydrogen-bond donors (Lipinski definition) is 1. The molecule has 2 aliphatic heterocycles. The molecule has 0 spiro atoms. The summed E-state index contributed by atoms with van der Waals surface area (Å²) >= 11 is 0. The van der Waals surface area contributed by atoms with Gasteiger partial charge in [0.05, 0.1) is 0 Å². The minimum Gasteiger partial charge on any atom is -0.330 e. The van der Waals surface area contributed by atoms with E-state index in [1.807, 2.05) is 9.80 Å². The number of unbranched alkanes of at least 4 members (excludes halogenated alkanes) is 2. The second kappa shape index (κ2) is 7.70. The Morgan fingerprint density at radius 1 is 0.842 bits per heavy atom. The minimum atomic E-state index is 0.264. The summed E-state index contributed by atoms with van der Waals surface area (Å²) in [4.78, 5) is 18.7. The lowest BCUT2D eigenvalue weighted by Gasteiger charge is -2.36. The number of nitrogens with zero attached hydrogens (tertiary/aromatic N) is 3. The van der Waals surface area contributed by atoms with Gasteiger partial charge in [-0.15, -0.1) is 0 Å². The molecule has 0 unspecified atom stereocenters. The molecule has 0 aliphatic carbocycles. The molecular weight excluding hydrogens is 240 g/mol. The van der Waals surface area contributed by atoms with Crippen LogP contribution in [0.4, 0.5) is 4.79 Å². The van der Waals surface area contributed by atoms with Crippen LogP contribution in [0.3, 0.4) is 0 Å². The monoisotopic (exact) mass is 268 g/mol. The first kappa shape index (κ1) is 14.6. The van der Waals surface area contributed by atoms with E-state index in [2.05, 4.69) is 4.90 Å². The van der Waals surface area contributed by atoms with Gasteiger partial charge in [0.2, 0.25) is 0 Å². The summed E-state index contributed by atoms with van der Waals surface area (Å²) in [5.74, 6) is 0. The van der Waals surface area contributed by atoms with Crippen molar-refractivity contribution in [1.29, 1.82) is 0 Å². The summed E-state index contributed by atoms with van der Waals surface area (Å²) in [5, 5.41) is 0. The first-order chi connectivity index (χ1) is 9.31. The van der Waals surface area contributed by atoms with Gasteiger partial charge in [0.1, 0.15) is 0 Å². The van der Waals surface area contributed by atoms with Crippen molar-refractivity contribution in [3.05, 3.63) is 0 Å². The average molecular weight is 268 g/mol. The van der Waals surface area contributed by atoms with Gasteiger partial charge in [-0.2, -0.15) is 0 Å². The van der Waals surface area contributed by atoms with Gasteiger partial charge in [-0.25, -0.2) is 4.79 Å². The summed E-state index contributed by atoms with van der Waals surface area (Å²) in [5.41, 5.74) is 5.50. The van der Waals surface area contributed by atoms with Crippen LogP contribution < -0.4 is 5.73 Å². The third-order valence-corrected chi connectivity index (χ3v) is 4.20. The lowest BCUT2D eigenvalue weighted by Crippen LogP contribution is -2.52. The number of nitrogens with two attached hydrogens (primary N) is 1. The summed E-state index contributed by atoms with van der Waals surface area (Å²) in [6.07, 6.45) is 5.94. The van der Waals surface area contributed by atoms with E-state index < -0.39 is 0 Å². The van der Waals surface area contributed by atoms with Gasteiger partial charge in [0, 0.05) is 39.3 Å². The molecular formula is C14H28N4O. The number of rotatable bonds is 5. The van der Waals surface area contributed by atoms with Gasteiger partial charge in [-0.05, 0) is 38.8 Å². The normalized spacial score (nSPS) is 21.1. The largest absolute Gasteiger partial charge is 0.330 e. The predicted molar refractivity (Wildman–Crippen MR) is 77.1 cm³/mol.